The number of anilines is 1. The molecule has 7 nitrogen and oxygen atoms in total. The number of hydrogen-bond donors (Lipinski definition) is 2. The third-order valence-corrected chi connectivity index (χ3v) is 4.89. The van der Waals surface area contributed by atoms with Gasteiger partial charge in [-0.05, 0) is 50.1 Å². The number of rotatable bonds is 6. The van der Waals surface area contributed by atoms with E-state index < -0.39 is 36.5 Å². The molecule has 2 aromatic rings. The highest BCUT2D eigenvalue weighted by molar-refractivity contribution is 6.10. The zero-order valence-electron chi connectivity index (χ0n) is 16.7. The number of benzene rings is 2. The van der Waals surface area contributed by atoms with Crippen LogP contribution in [-0.2, 0) is 15.1 Å². The number of alkyl halides is 2. The number of nitrogens with one attached hydrogen (secondary N) is 2. The summed E-state index contributed by atoms with van der Waals surface area (Å²) in [6, 6.07) is 10.2. The molecule has 2 N–H and O–H groups in total. The van der Waals surface area contributed by atoms with Crippen LogP contribution in [0.5, 0.6) is 5.75 Å². The average molecular weight is 417 g/mol. The number of ether oxygens (including phenoxy) is 1. The Bertz CT molecular complexity index is 994. The van der Waals surface area contributed by atoms with Gasteiger partial charge in [0.15, 0.2) is 0 Å². The van der Waals surface area contributed by atoms with Crippen molar-refractivity contribution in [2.45, 2.75) is 32.9 Å². The van der Waals surface area contributed by atoms with Crippen LogP contribution in [0.2, 0.25) is 0 Å². The Kier molecular flexibility index (Phi) is 5.73. The van der Waals surface area contributed by atoms with Crippen LogP contribution in [-0.4, -0.2) is 35.9 Å². The monoisotopic (exact) mass is 417 g/mol. The molecule has 30 heavy (non-hydrogen) atoms. The van der Waals surface area contributed by atoms with Crippen molar-refractivity contribution in [1.82, 2.24) is 10.2 Å². The molecule has 3 rings (SSSR count). The lowest BCUT2D eigenvalue weighted by Crippen LogP contribution is -2.42. The Morgan fingerprint density at radius 1 is 1.17 bits per heavy atom. The molecule has 1 aliphatic rings. The molecule has 1 aliphatic heterocycles. The first-order valence-electron chi connectivity index (χ1n) is 9.17. The molecule has 0 aromatic heterocycles. The molecule has 4 amide bonds. The molecule has 1 atom stereocenters. The van der Waals surface area contributed by atoms with Crippen molar-refractivity contribution < 1.29 is 27.9 Å². The molecule has 0 saturated carbocycles. The zero-order chi connectivity index (χ0) is 22.1. The molecule has 2 aromatic carbocycles. The van der Waals surface area contributed by atoms with E-state index in [1.807, 2.05) is 26.0 Å². The Hall–Kier alpha value is -3.49. The highest BCUT2D eigenvalue weighted by atomic mass is 19.3. The van der Waals surface area contributed by atoms with Gasteiger partial charge in [-0.2, -0.15) is 8.78 Å². The van der Waals surface area contributed by atoms with Crippen molar-refractivity contribution in [1.29, 1.82) is 0 Å². The average Bonchev–Trinajstić information content (AvgIpc) is 2.88. The van der Waals surface area contributed by atoms with E-state index >= 15 is 0 Å². The van der Waals surface area contributed by atoms with Gasteiger partial charge in [-0.25, -0.2) is 4.79 Å². The smallest absolute Gasteiger partial charge is 0.387 e. The van der Waals surface area contributed by atoms with E-state index in [-0.39, 0.29) is 5.75 Å². The summed E-state index contributed by atoms with van der Waals surface area (Å²) in [4.78, 5) is 38.5. The minimum absolute atomic E-state index is 0.0705. The van der Waals surface area contributed by atoms with E-state index in [4.69, 9.17) is 0 Å². The van der Waals surface area contributed by atoms with Gasteiger partial charge in [0.2, 0.25) is 5.91 Å². The molecule has 0 radical (unpaired) electrons. The third kappa shape index (κ3) is 4.24. The zero-order valence-corrected chi connectivity index (χ0v) is 16.7. The molecule has 1 fully saturated rings. The fraction of sp³-hybridized carbons (Fsp3) is 0.286. The van der Waals surface area contributed by atoms with Gasteiger partial charge in [0.25, 0.3) is 5.91 Å². The van der Waals surface area contributed by atoms with E-state index in [1.54, 1.807) is 6.07 Å². The Balaban J connectivity index is 1.72. The van der Waals surface area contributed by atoms with Crippen molar-refractivity contribution in [3.8, 4) is 5.75 Å². The van der Waals surface area contributed by atoms with Crippen molar-refractivity contribution in [3.05, 3.63) is 59.2 Å². The molecule has 0 aliphatic carbocycles. The lowest BCUT2D eigenvalue weighted by Gasteiger charge is -2.22. The number of hydrogen-bond acceptors (Lipinski definition) is 4. The largest absolute Gasteiger partial charge is 0.435 e. The number of imide groups is 1. The van der Waals surface area contributed by atoms with Crippen molar-refractivity contribution in [2.24, 2.45) is 0 Å². The van der Waals surface area contributed by atoms with Crippen LogP contribution in [0, 0.1) is 13.8 Å². The normalized spacial score (nSPS) is 18.5. The van der Waals surface area contributed by atoms with Crippen LogP contribution in [0.3, 0.4) is 0 Å². The van der Waals surface area contributed by atoms with Crippen LogP contribution in [0.4, 0.5) is 19.3 Å². The molecule has 0 spiro atoms. The third-order valence-electron chi connectivity index (χ3n) is 4.89. The lowest BCUT2D eigenvalue weighted by atomic mass is 9.92. The molecule has 1 saturated heterocycles. The first kappa shape index (κ1) is 21.2. The maximum absolute atomic E-state index is 12.9. The second kappa shape index (κ2) is 8.10. The van der Waals surface area contributed by atoms with Gasteiger partial charge < -0.3 is 15.4 Å². The number of carbonyl (C=O) groups excluding carboxylic acids is 3. The first-order valence-corrected chi connectivity index (χ1v) is 9.17. The molecular formula is C21H21F2N3O4. The maximum Gasteiger partial charge on any atom is 0.387 e. The maximum atomic E-state index is 12.9. The van der Waals surface area contributed by atoms with Crippen LogP contribution in [0.1, 0.15) is 23.6 Å². The number of urea groups is 1. The van der Waals surface area contributed by atoms with Gasteiger partial charge >= 0.3 is 12.6 Å². The summed E-state index contributed by atoms with van der Waals surface area (Å²) in [5.74, 6) is -1.21. The quantitative estimate of drug-likeness (QED) is 0.706. The Morgan fingerprint density at radius 3 is 2.43 bits per heavy atom. The summed E-state index contributed by atoms with van der Waals surface area (Å²) in [5.41, 5.74) is 1.44. The molecule has 0 unspecified atom stereocenters. The summed E-state index contributed by atoms with van der Waals surface area (Å²) in [5, 5.41) is 5.26. The van der Waals surface area contributed by atoms with Gasteiger partial charge in [-0.1, -0.05) is 29.8 Å². The van der Waals surface area contributed by atoms with Gasteiger partial charge in [0, 0.05) is 5.69 Å². The van der Waals surface area contributed by atoms with Crippen LogP contribution in [0.15, 0.2) is 42.5 Å². The highest BCUT2D eigenvalue weighted by Crippen LogP contribution is 2.30. The SMILES string of the molecule is Cc1ccc(NC(=O)CN2C(=O)N[C@@](C)(c3ccc(OC(F)F)cc3)C2=O)c(C)c1. The second-order valence-corrected chi connectivity index (χ2v) is 7.22. The minimum Gasteiger partial charge on any atom is -0.435 e. The topological polar surface area (TPSA) is 87.7 Å². The number of halogens is 2. The number of aryl methyl sites for hydroxylation is 2. The van der Waals surface area contributed by atoms with Gasteiger partial charge in [-0.3, -0.25) is 14.5 Å². The number of nitrogens with zero attached hydrogens (tertiary/aromatic N) is 1. The summed E-state index contributed by atoms with van der Waals surface area (Å²) in [6.07, 6.45) is 0. The van der Waals surface area contributed by atoms with E-state index in [2.05, 4.69) is 15.4 Å². The number of amides is 4. The fourth-order valence-electron chi connectivity index (χ4n) is 3.29. The van der Waals surface area contributed by atoms with E-state index in [9.17, 15) is 23.2 Å². The summed E-state index contributed by atoms with van der Waals surface area (Å²) in [6.45, 7) is 1.83. The molecule has 9 heteroatoms. The molecule has 1 heterocycles. The van der Waals surface area contributed by atoms with Gasteiger partial charge in [0.1, 0.15) is 17.8 Å². The van der Waals surface area contributed by atoms with Crippen LogP contribution < -0.4 is 15.4 Å². The summed E-state index contributed by atoms with van der Waals surface area (Å²) in [7, 11) is 0. The van der Waals surface area contributed by atoms with E-state index in [0.717, 1.165) is 16.0 Å². The minimum atomic E-state index is -2.97. The Morgan fingerprint density at radius 2 is 1.83 bits per heavy atom. The second-order valence-electron chi connectivity index (χ2n) is 7.22. The predicted molar refractivity (Wildman–Crippen MR) is 105 cm³/mol. The first-order chi connectivity index (χ1) is 14.1. The van der Waals surface area contributed by atoms with E-state index in [1.165, 1.54) is 31.2 Å². The number of carbonyl (C=O) groups is 3. The van der Waals surface area contributed by atoms with Crippen LogP contribution in [0.25, 0.3) is 0 Å². The van der Waals surface area contributed by atoms with Crippen molar-refractivity contribution >= 4 is 23.5 Å². The van der Waals surface area contributed by atoms with Gasteiger partial charge in [0.05, 0.1) is 0 Å². The highest BCUT2D eigenvalue weighted by Gasteiger charge is 2.49. The van der Waals surface area contributed by atoms with Crippen molar-refractivity contribution in [2.75, 3.05) is 11.9 Å². The van der Waals surface area contributed by atoms with Gasteiger partial charge in [-0.15, -0.1) is 0 Å². The molecule has 0 bridgehead atoms. The van der Waals surface area contributed by atoms with Crippen LogP contribution >= 0.6 is 0 Å². The van der Waals surface area contributed by atoms with E-state index in [0.29, 0.717) is 11.3 Å². The molecular weight excluding hydrogens is 396 g/mol. The fourth-order valence-corrected chi connectivity index (χ4v) is 3.29. The predicted octanol–water partition coefficient (Wildman–Crippen LogP) is 3.31. The van der Waals surface area contributed by atoms with Crippen molar-refractivity contribution in [3.63, 3.8) is 0 Å². The standard InChI is InChI=1S/C21H21F2N3O4/c1-12-4-9-16(13(2)10-12)24-17(27)11-26-18(28)21(3,25-20(26)29)14-5-7-15(8-6-14)30-19(22)23/h4-10,19H,11H2,1-3H3,(H,24,27)(H,25,29)/t21-/m0/s1. The summed E-state index contributed by atoms with van der Waals surface area (Å²) >= 11 is 0. The Labute approximate surface area is 172 Å². The lowest BCUT2D eigenvalue weighted by molar-refractivity contribution is -0.133. The summed E-state index contributed by atoms with van der Waals surface area (Å²) < 4.78 is 28.9. The molecule has 158 valence electrons.